The molecule has 3 rings (SSSR count). The van der Waals surface area contributed by atoms with Crippen LogP contribution in [0, 0.1) is 0 Å². The molecule has 0 saturated heterocycles. The summed E-state index contributed by atoms with van der Waals surface area (Å²) in [7, 11) is -1.05. The summed E-state index contributed by atoms with van der Waals surface area (Å²) in [6.45, 7) is 0.0634. The standard InChI is InChI=1S/C16H13N2O5P/c1-21-15-7-6-13-14(8-9-17-16(13)18-15)23-12-4-2-11(3-5-12)10-22-24(19)20/h2-9H,10H2,1H3/p+1. The number of fused-ring (bicyclic) bond motifs is 1. The van der Waals surface area contributed by atoms with Crippen LogP contribution in [0.15, 0.2) is 48.7 Å². The molecule has 0 bridgehead atoms. The smallest absolute Gasteiger partial charge is 0.481 e. The molecule has 0 aliphatic rings. The zero-order valence-electron chi connectivity index (χ0n) is 12.7. The molecule has 2 aromatic heterocycles. The van der Waals surface area contributed by atoms with Crippen molar-refractivity contribution in [1.29, 1.82) is 0 Å². The minimum Gasteiger partial charge on any atom is -0.481 e. The first-order chi connectivity index (χ1) is 11.7. The average Bonchev–Trinajstić information content (AvgIpc) is 2.61. The van der Waals surface area contributed by atoms with Crippen molar-refractivity contribution in [2.24, 2.45) is 0 Å². The summed E-state index contributed by atoms with van der Waals surface area (Å²) in [5.74, 6) is 1.73. The predicted octanol–water partition coefficient (Wildman–Crippen LogP) is 3.60. The average molecular weight is 345 g/mol. The molecule has 3 aromatic rings. The van der Waals surface area contributed by atoms with Gasteiger partial charge in [-0.15, -0.1) is 9.42 Å². The van der Waals surface area contributed by atoms with E-state index < -0.39 is 8.25 Å². The minimum absolute atomic E-state index is 0.0634. The third-order valence-electron chi connectivity index (χ3n) is 3.24. The molecule has 8 heteroatoms. The third-order valence-corrected chi connectivity index (χ3v) is 3.59. The van der Waals surface area contributed by atoms with Crippen molar-refractivity contribution in [3.05, 3.63) is 54.2 Å². The van der Waals surface area contributed by atoms with Gasteiger partial charge in [0.1, 0.15) is 18.1 Å². The van der Waals surface area contributed by atoms with Crippen LogP contribution in [0.3, 0.4) is 0 Å². The quantitative estimate of drug-likeness (QED) is 0.683. The van der Waals surface area contributed by atoms with Gasteiger partial charge in [0.15, 0.2) is 5.65 Å². The molecule has 24 heavy (non-hydrogen) atoms. The molecule has 1 unspecified atom stereocenters. The van der Waals surface area contributed by atoms with Crippen molar-refractivity contribution in [3.8, 4) is 17.4 Å². The Morgan fingerprint density at radius 1 is 1.12 bits per heavy atom. The van der Waals surface area contributed by atoms with Crippen molar-refractivity contribution in [3.63, 3.8) is 0 Å². The van der Waals surface area contributed by atoms with Crippen LogP contribution in [0.2, 0.25) is 0 Å². The van der Waals surface area contributed by atoms with Crippen molar-refractivity contribution >= 4 is 19.3 Å². The SMILES string of the molecule is COc1ccc2c(Oc3ccc(CO[P+](=O)O)cc3)ccnc2n1. The van der Waals surface area contributed by atoms with Crippen LogP contribution in [-0.4, -0.2) is 22.0 Å². The van der Waals surface area contributed by atoms with Gasteiger partial charge in [0, 0.05) is 16.8 Å². The van der Waals surface area contributed by atoms with E-state index in [2.05, 4.69) is 14.5 Å². The van der Waals surface area contributed by atoms with Gasteiger partial charge >= 0.3 is 8.25 Å². The predicted molar refractivity (Wildman–Crippen MR) is 87.2 cm³/mol. The molecule has 1 N–H and O–H groups in total. The minimum atomic E-state index is -2.60. The molecule has 0 aliphatic carbocycles. The van der Waals surface area contributed by atoms with Gasteiger partial charge < -0.3 is 9.47 Å². The Balaban J connectivity index is 1.80. The number of hydrogen-bond acceptors (Lipinski definition) is 6. The highest BCUT2D eigenvalue weighted by molar-refractivity contribution is 7.32. The molecule has 1 aromatic carbocycles. The van der Waals surface area contributed by atoms with Crippen molar-refractivity contribution in [2.75, 3.05) is 7.11 Å². The second-order valence-corrected chi connectivity index (χ2v) is 5.53. The van der Waals surface area contributed by atoms with Gasteiger partial charge in [-0.2, -0.15) is 4.98 Å². The molecule has 122 valence electrons. The lowest BCUT2D eigenvalue weighted by molar-refractivity contribution is 0.272. The van der Waals surface area contributed by atoms with E-state index >= 15 is 0 Å². The Morgan fingerprint density at radius 2 is 1.92 bits per heavy atom. The van der Waals surface area contributed by atoms with Crippen molar-refractivity contribution in [1.82, 2.24) is 9.97 Å². The molecular formula is C16H14N2O5P+. The van der Waals surface area contributed by atoms with Crippen LogP contribution in [-0.2, 0) is 15.7 Å². The highest BCUT2D eigenvalue weighted by atomic mass is 31.1. The van der Waals surface area contributed by atoms with Crippen molar-refractivity contribution in [2.45, 2.75) is 6.61 Å². The largest absolute Gasteiger partial charge is 0.695 e. The second-order valence-electron chi connectivity index (χ2n) is 4.79. The maximum atomic E-state index is 10.5. The number of methoxy groups -OCH3 is 1. The number of hydrogen-bond donors (Lipinski definition) is 1. The summed E-state index contributed by atoms with van der Waals surface area (Å²) in [5.41, 5.74) is 1.30. The number of pyridine rings is 2. The topological polar surface area (TPSA) is 90.8 Å². The lowest BCUT2D eigenvalue weighted by Gasteiger charge is -2.09. The number of nitrogens with zero attached hydrogens (tertiary/aromatic N) is 2. The van der Waals surface area contributed by atoms with E-state index in [1.54, 1.807) is 49.7 Å². The summed E-state index contributed by atoms with van der Waals surface area (Å²) in [4.78, 5) is 17.1. The lowest BCUT2D eigenvalue weighted by Crippen LogP contribution is -1.93. The Kier molecular flexibility index (Phi) is 4.96. The highest BCUT2D eigenvalue weighted by Gasteiger charge is 2.12. The monoisotopic (exact) mass is 345 g/mol. The molecule has 2 heterocycles. The van der Waals surface area contributed by atoms with Crippen LogP contribution >= 0.6 is 8.25 Å². The molecule has 0 fully saturated rings. The van der Waals surface area contributed by atoms with Crippen LogP contribution in [0.4, 0.5) is 0 Å². The molecular weight excluding hydrogens is 331 g/mol. The third kappa shape index (κ3) is 3.83. The zero-order chi connectivity index (χ0) is 16.9. The van der Waals surface area contributed by atoms with E-state index in [1.165, 1.54) is 0 Å². The van der Waals surface area contributed by atoms with E-state index in [9.17, 15) is 4.57 Å². The summed E-state index contributed by atoms with van der Waals surface area (Å²) in [6.07, 6.45) is 1.62. The zero-order valence-corrected chi connectivity index (χ0v) is 13.6. The van der Waals surface area contributed by atoms with Crippen LogP contribution in [0.1, 0.15) is 5.56 Å². The Morgan fingerprint density at radius 3 is 2.62 bits per heavy atom. The molecule has 7 nitrogen and oxygen atoms in total. The Labute approximate surface area is 138 Å². The molecule has 1 atom stereocenters. The molecule has 0 saturated carbocycles. The maximum absolute atomic E-state index is 10.5. The van der Waals surface area contributed by atoms with Gasteiger partial charge in [0.2, 0.25) is 5.88 Å². The van der Waals surface area contributed by atoms with E-state index in [0.29, 0.717) is 23.0 Å². The fraction of sp³-hybridized carbons (Fsp3) is 0.125. The lowest BCUT2D eigenvalue weighted by atomic mass is 10.2. The summed E-state index contributed by atoms with van der Waals surface area (Å²) in [6, 6.07) is 12.4. The summed E-state index contributed by atoms with van der Waals surface area (Å²) in [5, 5.41) is 0.767. The summed E-state index contributed by atoms with van der Waals surface area (Å²) < 4.78 is 26.2. The van der Waals surface area contributed by atoms with E-state index in [-0.39, 0.29) is 6.61 Å². The fourth-order valence-corrected chi connectivity index (χ4v) is 2.36. The molecule has 0 aliphatic heterocycles. The Bertz CT molecular complexity index is 870. The van der Waals surface area contributed by atoms with Crippen molar-refractivity contribution < 1.29 is 23.5 Å². The van der Waals surface area contributed by atoms with Crippen LogP contribution in [0.25, 0.3) is 11.0 Å². The maximum Gasteiger partial charge on any atom is 0.695 e. The highest BCUT2D eigenvalue weighted by Crippen LogP contribution is 2.29. The summed E-state index contributed by atoms with van der Waals surface area (Å²) >= 11 is 0. The normalized spacial score (nSPS) is 11.3. The first-order valence-electron chi connectivity index (χ1n) is 7.01. The number of ether oxygens (including phenoxy) is 2. The second kappa shape index (κ2) is 7.31. The van der Waals surface area contributed by atoms with E-state index in [4.69, 9.17) is 14.4 Å². The first-order valence-corrected chi connectivity index (χ1v) is 8.14. The Hall–Kier alpha value is -2.60. The molecule has 0 radical (unpaired) electrons. The molecule has 0 amide bonds. The van der Waals surface area contributed by atoms with Gasteiger partial charge in [0.25, 0.3) is 0 Å². The van der Waals surface area contributed by atoms with Gasteiger partial charge in [-0.05, 0) is 29.8 Å². The van der Waals surface area contributed by atoms with E-state index in [1.807, 2.05) is 6.07 Å². The van der Waals surface area contributed by atoms with Crippen LogP contribution < -0.4 is 9.47 Å². The first kappa shape index (κ1) is 16.3. The number of benzene rings is 1. The van der Waals surface area contributed by atoms with E-state index in [0.717, 1.165) is 10.9 Å². The fourth-order valence-electron chi connectivity index (χ4n) is 2.10. The van der Waals surface area contributed by atoms with Gasteiger partial charge in [-0.1, -0.05) is 12.1 Å². The molecule has 0 spiro atoms. The van der Waals surface area contributed by atoms with Gasteiger partial charge in [-0.25, -0.2) is 4.98 Å². The van der Waals surface area contributed by atoms with Crippen LogP contribution in [0.5, 0.6) is 17.4 Å². The van der Waals surface area contributed by atoms with Gasteiger partial charge in [0.05, 0.1) is 12.5 Å². The number of aromatic nitrogens is 2. The van der Waals surface area contributed by atoms with Gasteiger partial charge in [-0.3, -0.25) is 0 Å². The number of rotatable bonds is 6.